The van der Waals surface area contributed by atoms with Crippen LogP contribution in [0.4, 0.5) is 0 Å². The second-order valence-electron chi connectivity index (χ2n) is 10.6. The minimum Gasteiger partial charge on any atom is -0.460 e. The van der Waals surface area contributed by atoms with Crippen molar-refractivity contribution in [1.29, 1.82) is 0 Å². The van der Waals surface area contributed by atoms with E-state index in [0.29, 0.717) is 12.2 Å². The summed E-state index contributed by atoms with van der Waals surface area (Å²) in [5.74, 6) is -3.98. The summed E-state index contributed by atoms with van der Waals surface area (Å²) in [7, 11) is 0. The molecule has 4 atom stereocenters. The third-order valence-electron chi connectivity index (χ3n) is 5.49. The van der Waals surface area contributed by atoms with E-state index in [0.717, 1.165) is 0 Å². The van der Waals surface area contributed by atoms with Crippen molar-refractivity contribution in [3.8, 4) is 0 Å². The van der Waals surface area contributed by atoms with Crippen LogP contribution >= 0.6 is 25.3 Å². The van der Waals surface area contributed by atoms with E-state index >= 15 is 0 Å². The first-order chi connectivity index (χ1) is 18.7. The van der Waals surface area contributed by atoms with Gasteiger partial charge in [0.15, 0.2) is 0 Å². The topological polar surface area (TPSA) is 169 Å². The Morgan fingerprint density at radius 2 is 1.68 bits per heavy atom. The Kier molecular flexibility index (Phi) is 15.1. The predicted molar refractivity (Wildman–Crippen MR) is 155 cm³/mol. The average molecular weight is 603 g/mol. The molecule has 12 nitrogen and oxygen atoms in total. The maximum Gasteiger partial charge on any atom is 0.326 e. The summed E-state index contributed by atoms with van der Waals surface area (Å²) >= 11 is 8.29. The number of esters is 2. The Hall–Kier alpha value is -2.74. The maximum atomic E-state index is 13.2. The van der Waals surface area contributed by atoms with Crippen LogP contribution in [0.5, 0.6) is 0 Å². The van der Waals surface area contributed by atoms with Gasteiger partial charge in [-0.2, -0.15) is 25.3 Å². The fraction of sp³-hybridized carbons (Fsp3) is 0.692. The highest BCUT2D eigenvalue weighted by Gasteiger charge is 2.32. The first-order valence-electron chi connectivity index (χ1n) is 13.1. The van der Waals surface area contributed by atoms with Gasteiger partial charge >= 0.3 is 11.9 Å². The zero-order chi connectivity index (χ0) is 30.5. The third-order valence-corrected chi connectivity index (χ3v) is 6.12. The predicted octanol–water partition coefficient (Wildman–Crippen LogP) is 0.456. The zero-order valence-corrected chi connectivity index (χ0v) is 25.4. The lowest BCUT2D eigenvalue weighted by molar-refractivity contribution is -0.155. The van der Waals surface area contributed by atoms with Crippen molar-refractivity contribution < 1.29 is 38.2 Å². The molecule has 1 fully saturated rings. The van der Waals surface area contributed by atoms with Crippen LogP contribution in [-0.2, 0) is 38.2 Å². The molecular weight excluding hydrogens is 560 g/mol. The quantitative estimate of drug-likeness (QED) is 0.132. The first kappa shape index (κ1) is 35.3. The standard InChI is InChI=1S/C26H42N4O8S2/c1-15(2)22-25(36)27-13-21(33)37-16(8-6-7-11-39)12-19(31)28-17(9-10-20(32)38-26(3,4)5)23(34)29-18(14-40)24(35)30-22/h6,8,15-18,22,39-40H,7,9-14H2,1-5H3,(H,27,36)(H,28,31)(H,29,34)(H,30,35)/b8-6+/t16-,17-,18-,22-/m1/s1. The molecule has 1 saturated heterocycles. The normalized spacial score (nSPS) is 24.1. The molecule has 4 amide bonds. The van der Waals surface area contributed by atoms with Crippen molar-refractivity contribution in [1.82, 2.24) is 21.3 Å². The van der Waals surface area contributed by atoms with E-state index < -0.39 is 71.9 Å². The van der Waals surface area contributed by atoms with E-state index in [4.69, 9.17) is 9.47 Å². The second-order valence-corrected chi connectivity index (χ2v) is 11.4. The van der Waals surface area contributed by atoms with E-state index in [1.54, 1.807) is 40.7 Å². The SMILES string of the molecule is CC(C)[C@H]1NC(=O)[C@@H](CS)NC(=O)[C@@H](CCC(=O)OC(C)(C)C)NC(=O)C[C@@H](/C=C/CCS)OC(=O)CNC1=O. The number of hydrogen-bond acceptors (Lipinski definition) is 10. The molecule has 0 bridgehead atoms. The molecule has 1 aliphatic heterocycles. The Labute approximate surface area is 246 Å². The Morgan fingerprint density at radius 3 is 2.25 bits per heavy atom. The molecule has 0 spiro atoms. The van der Waals surface area contributed by atoms with Crippen LogP contribution in [0.25, 0.3) is 0 Å². The summed E-state index contributed by atoms with van der Waals surface area (Å²) < 4.78 is 10.7. The van der Waals surface area contributed by atoms with Gasteiger partial charge in [0.25, 0.3) is 0 Å². The van der Waals surface area contributed by atoms with E-state index in [2.05, 4.69) is 46.5 Å². The number of hydrogen-bond donors (Lipinski definition) is 6. The molecule has 14 heteroatoms. The molecule has 226 valence electrons. The lowest BCUT2D eigenvalue weighted by Crippen LogP contribution is -2.59. The minimum absolute atomic E-state index is 0.110. The van der Waals surface area contributed by atoms with Crippen LogP contribution in [0.3, 0.4) is 0 Å². The molecule has 0 aromatic rings. The van der Waals surface area contributed by atoms with Crippen molar-refractivity contribution in [2.24, 2.45) is 5.92 Å². The molecule has 40 heavy (non-hydrogen) atoms. The minimum atomic E-state index is -1.22. The van der Waals surface area contributed by atoms with Gasteiger partial charge in [0.1, 0.15) is 36.4 Å². The van der Waals surface area contributed by atoms with Gasteiger partial charge < -0.3 is 30.7 Å². The van der Waals surface area contributed by atoms with Crippen molar-refractivity contribution in [3.63, 3.8) is 0 Å². The third kappa shape index (κ3) is 13.6. The number of carbonyl (C=O) groups is 6. The maximum absolute atomic E-state index is 13.2. The number of amides is 4. The van der Waals surface area contributed by atoms with E-state index in [1.807, 2.05) is 0 Å². The molecule has 4 N–H and O–H groups in total. The Bertz CT molecular complexity index is 951. The molecule has 1 rings (SSSR count). The fourth-order valence-corrected chi connectivity index (χ4v) is 3.97. The van der Waals surface area contributed by atoms with Crippen molar-refractivity contribution in [3.05, 3.63) is 12.2 Å². The van der Waals surface area contributed by atoms with Crippen LogP contribution in [0.1, 0.15) is 60.3 Å². The Morgan fingerprint density at radius 1 is 1.02 bits per heavy atom. The van der Waals surface area contributed by atoms with Crippen molar-refractivity contribution in [2.75, 3.05) is 18.1 Å². The van der Waals surface area contributed by atoms with Gasteiger partial charge in [0, 0.05) is 12.2 Å². The molecule has 0 radical (unpaired) electrons. The number of thiol groups is 2. The van der Waals surface area contributed by atoms with E-state index in [1.165, 1.54) is 6.08 Å². The Balaban J connectivity index is 3.30. The largest absolute Gasteiger partial charge is 0.460 e. The number of nitrogens with one attached hydrogen (secondary N) is 4. The van der Waals surface area contributed by atoms with E-state index in [-0.39, 0.29) is 30.9 Å². The lowest BCUT2D eigenvalue weighted by Gasteiger charge is -2.27. The highest BCUT2D eigenvalue weighted by Crippen LogP contribution is 2.12. The van der Waals surface area contributed by atoms with Gasteiger partial charge in [0.05, 0.1) is 6.42 Å². The van der Waals surface area contributed by atoms with Gasteiger partial charge in [0.2, 0.25) is 23.6 Å². The number of ether oxygens (including phenoxy) is 2. The highest BCUT2D eigenvalue weighted by atomic mass is 32.1. The van der Waals surface area contributed by atoms with Gasteiger partial charge in [-0.05, 0) is 51.4 Å². The monoisotopic (exact) mass is 602 g/mol. The smallest absolute Gasteiger partial charge is 0.326 e. The van der Waals surface area contributed by atoms with E-state index in [9.17, 15) is 28.8 Å². The average Bonchev–Trinajstić information content (AvgIpc) is 2.84. The summed E-state index contributed by atoms with van der Waals surface area (Å²) in [5.41, 5.74) is -0.742. The molecule has 0 aromatic carbocycles. The van der Waals surface area contributed by atoms with Gasteiger partial charge in [-0.25, -0.2) is 0 Å². The summed E-state index contributed by atoms with van der Waals surface area (Å²) in [6.45, 7) is 8.04. The number of rotatable bonds is 8. The molecule has 0 saturated carbocycles. The fourth-order valence-electron chi connectivity index (χ4n) is 3.57. The number of allylic oxidation sites excluding steroid dienone is 1. The summed E-state index contributed by atoms with van der Waals surface area (Å²) in [4.78, 5) is 76.7. The first-order valence-corrected chi connectivity index (χ1v) is 14.4. The van der Waals surface area contributed by atoms with Crippen LogP contribution in [-0.4, -0.2) is 83.4 Å². The van der Waals surface area contributed by atoms with Crippen LogP contribution in [0.2, 0.25) is 0 Å². The molecule has 0 aliphatic carbocycles. The lowest BCUT2D eigenvalue weighted by atomic mass is 10.0. The van der Waals surface area contributed by atoms with Crippen LogP contribution in [0, 0.1) is 5.92 Å². The molecule has 0 aromatic heterocycles. The molecule has 1 heterocycles. The molecule has 1 aliphatic rings. The van der Waals surface area contributed by atoms with Gasteiger partial charge in [-0.1, -0.05) is 19.9 Å². The summed E-state index contributed by atoms with van der Waals surface area (Å²) in [6.07, 6.45) is 2.15. The summed E-state index contributed by atoms with van der Waals surface area (Å²) in [5, 5.41) is 10.1. The summed E-state index contributed by atoms with van der Waals surface area (Å²) in [6, 6.07) is -3.38. The van der Waals surface area contributed by atoms with Crippen molar-refractivity contribution >= 4 is 60.8 Å². The van der Waals surface area contributed by atoms with Crippen LogP contribution < -0.4 is 21.3 Å². The molecule has 0 unspecified atom stereocenters. The molecular formula is C26H42N4O8S2. The van der Waals surface area contributed by atoms with Crippen LogP contribution in [0.15, 0.2) is 12.2 Å². The van der Waals surface area contributed by atoms with Crippen molar-refractivity contribution in [2.45, 2.75) is 90.1 Å². The number of carbonyl (C=O) groups excluding carboxylic acids is 6. The number of cyclic esters (lactones) is 1. The highest BCUT2D eigenvalue weighted by molar-refractivity contribution is 7.80. The van der Waals surface area contributed by atoms with Gasteiger partial charge in [-0.3, -0.25) is 28.8 Å². The van der Waals surface area contributed by atoms with Gasteiger partial charge in [-0.15, -0.1) is 0 Å². The second kappa shape index (κ2) is 17.2. The zero-order valence-electron chi connectivity index (χ0n) is 23.7.